The second-order valence-electron chi connectivity index (χ2n) is 5.55. The van der Waals surface area contributed by atoms with Crippen LogP contribution in [0.4, 0.5) is 0 Å². The van der Waals surface area contributed by atoms with Crippen molar-refractivity contribution in [3.63, 3.8) is 0 Å². The van der Waals surface area contributed by atoms with Crippen molar-refractivity contribution in [1.29, 1.82) is 0 Å². The Labute approximate surface area is 171 Å². The maximum absolute atomic E-state index is 11.8. The van der Waals surface area contributed by atoms with Crippen molar-refractivity contribution in [3.8, 4) is 0 Å². The van der Waals surface area contributed by atoms with Crippen LogP contribution in [0.25, 0.3) is 0 Å². The van der Waals surface area contributed by atoms with Crippen molar-refractivity contribution in [2.75, 3.05) is 0 Å². The van der Waals surface area contributed by atoms with E-state index in [-0.39, 0.29) is 24.7 Å². The van der Waals surface area contributed by atoms with Gasteiger partial charge in [0.05, 0.1) is 20.1 Å². The highest BCUT2D eigenvalue weighted by Crippen LogP contribution is 2.23. The van der Waals surface area contributed by atoms with Gasteiger partial charge in [0.25, 0.3) is 0 Å². The average molecular weight is 434 g/mol. The number of carbonyl (C=O) groups is 2. The summed E-state index contributed by atoms with van der Waals surface area (Å²) in [5, 5.41) is 7.25. The first-order valence-corrected chi connectivity index (χ1v) is 9.27. The third-order valence-electron chi connectivity index (χ3n) is 3.53. The number of amides is 2. The van der Waals surface area contributed by atoms with E-state index in [2.05, 4.69) is 10.6 Å². The molecule has 0 aromatic heterocycles. The lowest BCUT2D eigenvalue weighted by atomic mass is 10.2. The van der Waals surface area contributed by atoms with Crippen LogP contribution in [0.15, 0.2) is 36.4 Å². The molecule has 2 aromatic rings. The van der Waals surface area contributed by atoms with Crippen molar-refractivity contribution in [1.82, 2.24) is 10.6 Å². The molecule has 4 nitrogen and oxygen atoms in total. The zero-order valence-electron chi connectivity index (χ0n) is 13.6. The van der Waals surface area contributed by atoms with E-state index in [0.29, 0.717) is 33.2 Å². The van der Waals surface area contributed by atoms with E-state index in [4.69, 9.17) is 46.4 Å². The Bertz CT molecular complexity index is 744. The summed E-state index contributed by atoms with van der Waals surface area (Å²) in [5.41, 5.74) is 1.66. The summed E-state index contributed by atoms with van der Waals surface area (Å²) >= 11 is 23.5. The molecule has 2 aromatic carbocycles. The average Bonchev–Trinajstić information content (AvgIpc) is 2.62. The Hall–Kier alpha value is -1.46. The lowest BCUT2D eigenvalue weighted by Gasteiger charge is -2.08. The summed E-state index contributed by atoms with van der Waals surface area (Å²) in [6.07, 6.45) is 0.184. The Morgan fingerprint density at radius 1 is 0.654 bits per heavy atom. The van der Waals surface area contributed by atoms with Crippen LogP contribution >= 0.6 is 46.4 Å². The first-order valence-electron chi connectivity index (χ1n) is 7.76. The zero-order chi connectivity index (χ0) is 19.1. The minimum absolute atomic E-state index is 0.0918. The number of benzene rings is 2. The fourth-order valence-corrected chi connectivity index (χ4v) is 2.75. The summed E-state index contributed by atoms with van der Waals surface area (Å²) in [4.78, 5) is 23.7. The second kappa shape index (κ2) is 10.0. The molecule has 0 saturated carbocycles. The molecule has 8 heteroatoms. The number of carbonyl (C=O) groups excluding carboxylic acids is 2. The maximum atomic E-state index is 11.8. The summed E-state index contributed by atoms with van der Waals surface area (Å²) in [5.74, 6) is -0.443. The molecule has 0 fully saturated rings. The van der Waals surface area contributed by atoms with Gasteiger partial charge in [0.1, 0.15) is 0 Å². The van der Waals surface area contributed by atoms with E-state index in [1.165, 1.54) is 0 Å². The van der Waals surface area contributed by atoms with E-state index < -0.39 is 0 Å². The molecule has 0 heterocycles. The van der Waals surface area contributed by atoms with Gasteiger partial charge >= 0.3 is 0 Å². The summed E-state index contributed by atoms with van der Waals surface area (Å²) in [6.45, 7) is 0.640. The van der Waals surface area contributed by atoms with E-state index in [0.717, 1.165) is 11.1 Å². The van der Waals surface area contributed by atoms with Gasteiger partial charge in [-0.2, -0.15) is 0 Å². The quantitative estimate of drug-likeness (QED) is 0.644. The molecule has 138 valence electrons. The van der Waals surface area contributed by atoms with Gasteiger partial charge in [-0.3, -0.25) is 9.59 Å². The van der Waals surface area contributed by atoms with Crippen LogP contribution in [0, 0.1) is 0 Å². The molecule has 0 aliphatic carbocycles. The molecule has 0 atom stereocenters. The predicted molar refractivity (Wildman–Crippen MR) is 106 cm³/mol. The number of nitrogens with one attached hydrogen (secondary N) is 2. The van der Waals surface area contributed by atoms with E-state index >= 15 is 0 Å². The van der Waals surface area contributed by atoms with Crippen molar-refractivity contribution < 1.29 is 9.59 Å². The molecule has 0 radical (unpaired) electrons. The van der Waals surface area contributed by atoms with Crippen LogP contribution in [-0.4, -0.2) is 11.8 Å². The SMILES string of the molecule is O=C(CCC(=O)NCc1ccc(Cl)c(Cl)c1)NCc1ccc(Cl)c(Cl)c1. The highest BCUT2D eigenvalue weighted by atomic mass is 35.5. The number of rotatable bonds is 7. The van der Waals surface area contributed by atoms with E-state index in [1.807, 2.05) is 0 Å². The molecular formula is C18H16Cl4N2O2. The van der Waals surface area contributed by atoms with Crippen LogP contribution < -0.4 is 10.6 Å². The van der Waals surface area contributed by atoms with Crippen LogP contribution in [0.3, 0.4) is 0 Å². The Morgan fingerprint density at radius 2 is 1.04 bits per heavy atom. The maximum Gasteiger partial charge on any atom is 0.220 e. The second-order valence-corrected chi connectivity index (χ2v) is 7.18. The molecule has 2 N–H and O–H groups in total. The largest absolute Gasteiger partial charge is 0.352 e. The monoisotopic (exact) mass is 432 g/mol. The molecule has 0 bridgehead atoms. The minimum atomic E-state index is -0.222. The van der Waals surface area contributed by atoms with Gasteiger partial charge in [-0.1, -0.05) is 58.5 Å². The van der Waals surface area contributed by atoms with Gasteiger partial charge in [0.15, 0.2) is 0 Å². The summed E-state index contributed by atoms with van der Waals surface area (Å²) in [6, 6.07) is 10.3. The molecule has 2 rings (SSSR count). The molecule has 0 aliphatic heterocycles. The van der Waals surface area contributed by atoms with Gasteiger partial charge in [-0.15, -0.1) is 0 Å². The number of hydrogen-bond acceptors (Lipinski definition) is 2. The molecule has 0 spiro atoms. The standard InChI is InChI=1S/C18H16Cl4N2O2/c19-13-3-1-11(7-15(13)21)9-23-17(25)5-6-18(26)24-10-12-2-4-14(20)16(22)8-12/h1-4,7-8H,5-6,9-10H2,(H,23,25)(H,24,26). The van der Waals surface area contributed by atoms with Crippen molar-refractivity contribution in [3.05, 3.63) is 67.6 Å². The molecular weight excluding hydrogens is 418 g/mol. The Kier molecular flexibility index (Phi) is 8.04. The van der Waals surface area contributed by atoms with Gasteiger partial charge in [0.2, 0.25) is 11.8 Å². The number of halogens is 4. The van der Waals surface area contributed by atoms with Crippen LogP contribution in [0.5, 0.6) is 0 Å². The van der Waals surface area contributed by atoms with Gasteiger partial charge in [-0.25, -0.2) is 0 Å². The summed E-state index contributed by atoms with van der Waals surface area (Å²) in [7, 11) is 0. The third kappa shape index (κ3) is 6.69. The molecule has 0 unspecified atom stereocenters. The van der Waals surface area contributed by atoms with Crippen LogP contribution in [0.1, 0.15) is 24.0 Å². The van der Waals surface area contributed by atoms with Crippen molar-refractivity contribution >= 4 is 58.2 Å². The van der Waals surface area contributed by atoms with Crippen LogP contribution in [0.2, 0.25) is 20.1 Å². The van der Waals surface area contributed by atoms with Gasteiger partial charge in [-0.05, 0) is 35.4 Å². The van der Waals surface area contributed by atoms with E-state index in [1.54, 1.807) is 36.4 Å². The number of hydrogen-bond donors (Lipinski definition) is 2. The Morgan fingerprint density at radius 3 is 1.38 bits per heavy atom. The lowest BCUT2D eigenvalue weighted by Crippen LogP contribution is -2.27. The van der Waals surface area contributed by atoms with Crippen molar-refractivity contribution in [2.45, 2.75) is 25.9 Å². The Balaban J connectivity index is 1.70. The highest BCUT2D eigenvalue weighted by molar-refractivity contribution is 6.42. The fourth-order valence-electron chi connectivity index (χ4n) is 2.10. The topological polar surface area (TPSA) is 58.2 Å². The highest BCUT2D eigenvalue weighted by Gasteiger charge is 2.08. The lowest BCUT2D eigenvalue weighted by molar-refractivity contribution is -0.126. The molecule has 0 saturated heterocycles. The van der Waals surface area contributed by atoms with Crippen molar-refractivity contribution in [2.24, 2.45) is 0 Å². The normalized spacial score (nSPS) is 10.5. The van der Waals surface area contributed by atoms with Crippen LogP contribution in [-0.2, 0) is 22.7 Å². The third-order valence-corrected chi connectivity index (χ3v) is 5.00. The van der Waals surface area contributed by atoms with Gasteiger partial charge in [0, 0.05) is 25.9 Å². The predicted octanol–water partition coefficient (Wildman–Crippen LogP) is 5.01. The smallest absolute Gasteiger partial charge is 0.220 e. The molecule has 0 aliphatic rings. The molecule has 26 heavy (non-hydrogen) atoms. The fraction of sp³-hybridized carbons (Fsp3) is 0.222. The minimum Gasteiger partial charge on any atom is -0.352 e. The summed E-state index contributed by atoms with van der Waals surface area (Å²) < 4.78 is 0. The van der Waals surface area contributed by atoms with Gasteiger partial charge < -0.3 is 10.6 Å². The first kappa shape index (κ1) is 20.8. The first-order chi connectivity index (χ1) is 12.3. The molecule has 2 amide bonds. The zero-order valence-corrected chi connectivity index (χ0v) is 16.6. The van der Waals surface area contributed by atoms with E-state index in [9.17, 15) is 9.59 Å².